The first-order valence-electron chi connectivity index (χ1n) is 8.11. The van der Waals surface area contributed by atoms with Crippen molar-refractivity contribution in [3.8, 4) is 0 Å². The molecule has 3 heterocycles. The summed E-state index contributed by atoms with van der Waals surface area (Å²) in [6.45, 7) is 3.01. The average Bonchev–Trinajstić information content (AvgIpc) is 3.10. The van der Waals surface area contributed by atoms with Gasteiger partial charge in [0.2, 0.25) is 0 Å². The quantitative estimate of drug-likeness (QED) is 0.837. The molecule has 1 saturated heterocycles. The monoisotopic (exact) mass is 309 g/mol. The molecular formula is C17H19N5O. The normalized spacial score (nSPS) is 17.2. The molecule has 0 aromatic carbocycles. The third kappa shape index (κ3) is 2.76. The topological polar surface area (TPSA) is 62.2 Å². The Labute approximate surface area is 135 Å². The maximum Gasteiger partial charge on any atom is 0.254 e. The first-order valence-corrected chi connectivity index (χ1v) is 8.11. The molecule has 6 nitrogen and oxygen atoms in total. The third-order valence-corrected chi connectivity index (χ3v) is 4.63. The average molecular weight is 309 g/mol. The van der Waals surface area contributed by atoms with Gasteiger partial charge in [-0.25, -0.2) is 0 Å². The van der Waals surface area contributed by atoms with Crippen molar-refractivity contribution < 1.29 is 4.79 Å². The van der Waals surface area contributed by atoms with Gasteiger partial charge >= 0.3 is 0 Å². The van der Waals surface area contributed by atoms with Gasteiger partial charge in [0.25, 0.3) is 5.91 Å². The minimum absolute atomic E-state index is 0.0760. The highest BCUT2D eigenvalue weighted by molar-refractivity contribution is 5.94. The molecule has 23 heavy (non-hydrogen) atoms. The Morgan fingerprint density at radius 1 is 1.00 bits per heavy atom. The van der Waals surface area contributed by atoms with Gasteiger partial charge in [-0.05, 0) is 43.0 Å². The second-order valence-corrected chi connectivity index (χ2v) is 6.04. The van der Waals surface area contributed by atoms with E-state index >= 15 is 0 Å². The molecule has 1 amide bonds. The van der Waals surface area contributed by atoms with Crippen molar-refractivity contribution >= 4 is 11.7 Å². The fourth-order valence-electron chi connectivity index (χ4n) is 3.29. The SMILES string of the molecule is O=C(c1ccncc1)N1CCN(c2cc3c(nn2)CCC3)CC1. The largest absolute Gasteiger partial charge is 0.352 e. The minimum atomic E-state index is 0.0760. The van der Waals surface area contributed by atoms with Crippen LogP contribution in [0.1, 0.15) is 28.0 Å². The smallest absolute Gasteiger partial charge is 0.254 e. The Balaban J connectivity index is 1.42. The molecule has 0 radical (unpaired) electrons. The van der Waals surface area contributed by atoms with Gasteiger partial charge in [-0.15, -0.1) is 5.10 Å². The van der Waals surface area contributed by atoms with Gasteiger partial charge in [0.1, 0.15) is 0 Å². The summed E-state index contributed by atoms with van der Waals surface area (Å²) in [5, 5.41) is 8.72. The van der Waals surface area contributed by atoms with E-state index < -0.39 is 0 Å². The number of amides is 1. The number of hydrogen-bond acceptors (Lipinski definition) is 5. The summed E-state index contributed by atoms with van der Waals surface area (Å²) in [6, 6.07) is 5.71. The zero-order chi connectivity index (χ0) is 15.6. The highest BCUT2D eigenvalue weighted by Crippen LogP contribution is 2.23. The Bertz CT molecular complexity index is 710. The van der Waals surface area contributed by atoms with Gasteiger partial charge in [-0.2, -0.15) is 5.10 Å². The first-order chi connectivity index (χ1) is 11.3. The van der Waals surface area contributed by atoms with Crippen LogP contribution in [0.4, 0.5) is 5.82 Å². The molecule has 0 atom stereocenters. The Hall–Kier alpha value is -2.50. The molecule has 0 saturated carbocycles. The van der Waals surface area contributed by atoms with Crippen molar-refractivity contribution in [1.82, 2.24) is 20.1 Å². The maximum absolute atomic E-state index is 12.4. The lowest BCUT2D eigenvalue weighted by Gasteiger charge is -2.35. The Morgan fingerprint density at radius 3 is 2.57 bits per heavy atom. The summed E-state index contributed by atoms with van der Waals surface area (Å²) in [7, 11) is 0. The number of rotatable bonds is 2. The number of piperazine rings is 1. The molecule has 4 rings (SSSR count). The standard InChI is InChI=1S/C17H19N5O/c23-17(13-4-6-18-7-5-13)22-10-8-21(9-11-22)16-12-14-2-1-3-15(14)19-20-16/h4-7,12H,1-3,8-11H2. The number of pyridine rings is 1. The molecule has 2 aromatic heterocycles. The summed E-state index contributed by atoms with van der Waals surface area (Å²) in [4.78, 5) is 20.5. The number of fused-ring (bicyclic) bond motifs is 1. The maximum atomic E-state index is 12.4. The van der Waals surface area contributed by atoms with Gasteiger partial charge < -0.3 is 9.80 Å². The van der Waals surface area contributed by atoms with E-state index in [9.17, 15) is 4.79 Å². The molecule has 2 aliphatic rings. The van der Waals surface area contributed by atoms with E-state index in [0.29, 0.717) is 18.7 Å². The highest BCUT2D eigenvalue weighted by Gasteiger charge is 2.24. The Morgan fingerprint density at radius 2 is 1.78 bits per heavy atom. The van der Waals surface area contributed by atoms with Crippen LogP contribution >= 0.6 is 0 Å². The zero-order valence-corrected chi connectivity index (χ0v) is 13.0. The van der Waals surface area contributed by atoms with Gasteiger partial charge in [0.05, 0.1) is 5.69 Å². The molecule has 0 N–H and O–H groups in total. The van der Waals surface area contributed by atoms with Crippen molar-refractivity contribution in [1.29, 1.82) is 0 Å². The molecular weight excluding hydrogens is 290 g/mol. The molecule has 0 unspecified atom stereocenters. The number of aromatic nitrogens is 3. The second-order valence-electron chi connectivity index (χ2n) is 6.04. The molecule has 0 bridgehead atoms. The van der Waals surface area contributed by atoms with Crippen LogP contribution in [0.5, 0.6) is 0 Å². The minimum Gasteiger partial charge on any atom is -0.352 e. The van der Waals surface area contributed by atoms with Gasteiger partial charge in [-0.1, -0.05) is 0 Å². The summed E-state index contributed by atoms with van der Waals surface area (Å²) < 4.78 is 0. The summed E-state index contributed by atoms with van der Waals surface area (Å²) >= 11 is 0. The van der Waals surface area contributed by atoms with E-state index in [0.717, 1.165) is 37.4 Å². The van der Waals surface area contributed by atoms with E-state index in [4.69, 9.17) is 0 Å². The highest BCUT2D eigenvalue weighted by atomic mass is 16.2. The van der Waals surface area contributed by atoms with Crippen LogP contribution in [-0.2, 0) is 12.8 Å². The van der Waals surface area contributed by atoms with Crippen molar-refractivity contribution in [2.45, 2.75) is 19.3 Å². The number of anilines is 1. The third-order valence-electron chi connectivity index (χ3n) is 4.63. The number of aryl methyl sites for hydroxylation is 2. The predicted octanol–water partition coefficient (Wildman–Crippen LogP) is 1.32. The van der Waals surface area contributed by atoms with E-state index in [1.165, 1.54) is 12.0 Å². The van der Waals surface area contributed by atoms with Crippen molar-refractivity contribution in [3.63, 3.8) is 0 Å². The number of carbonyl (C=O) groups is 1. The molecule has 6 heteroatoms. The fourth-order valence-corrected chi connectivity index (χ4v) is 3.29. The molecule has 0 spiro atoms. The number of hydrogen-bond donors (Lipinski definition) is 0. The Kier molecular flexibility index (Phi) is 3.65. The van der Waals surface area contributed by atoms with E-state index in [1.807, 2.05) is 4.90 Å². The lowest BCUT2D eigenvalue weighted by atomic mass is 10.2. The van der Waals surface area contributed by atoms with Crippen LogP contribution in [0.2, 0.25) is 0 Å². The second kappa shape index (κ2) is 5.95. The fraction of sp³-hybridized carbons (Fsp3) is 0.412. The van der Waals surface area contributed by atoms with E-state index in [2.05, 4.69) is 26.1 Å². The lowest BCUT2D eigenvalue weighted by Crippen LogP contribution is -2.49. The molecule has 118 valence electrons. The predicted molar refractivity (Wildman–Crippen MR) is 86.4 cm³/mol. The van der Waals surface area contributed by atoms with Crippen molar-refractivity contribution in [3.05, 3.63) is 47.4 Å². The van der Waals surface area contributed by atoms with Crippen LogP contribution in [-0.4, -0.2) is 52.2 Å². The van der Waals surface area contributed by atoms with E-state index in [-0.39, 0.29) is 5.91 Å². The summed E-state index contributed by atoms with van der Waals surface area (Å²) in [5.74, 6) is 1.02. The van der Waals surface area contributed by atoms with Crippen LogP contribution in [0.15, 0.2) is 30.6 Å². The van der Waals surface area contributed by atoms with Crippen molar-refractivity contribution in [2.75, 3.05) is 31.1 Å². The zero-order valence-electron chi connectivity index (χ0n) is 13.0. The van der Waals surface area contributed by atoms with E-state index in [1.54, 1.807) is 24.5 Å². The van der Waals surface area contributed by atoms with Gasteiger partial charge in [0, 0.05) is 44.1 Å². The number of nitrogens with zero attached hydrogens (tertiary/aromatic N) is 5. The summed E-state index contributed by atoms with van der Waals surface area (Å²) in [5.41, 5.74) is 3.19. The first kappa shape index (κ1) is 14.1. The van der Waals surface area contributed by atoms with Crippen molar-refractivity contribution in [2.24, 2.45) is 0 Å². The van der Waals surface area contributed by atoms with Crippen LogP contribution in [0, 0.1) is 0 Å². The lowest BCUT2D eigenvalue weighted by molar-refractivity contribution is 0.0746. The van der Waals surface area contributed by atoms with Gasteiger partial charge in [-0.3, -0.25) is 9.78 Å². The number of carbonyl (C=O) groups excluding carboxylic acids is 1. The van der Waals surface area contributed by atoms with Crippen LogP contribution < -0.4 is 4.90 Å². The molecule has 1 aliphatic heterocycles. The molecule has 1 aliphatic carbocycles. The van der Waals surface area contributed by atoms with Crippen LogP contribution in [0.3, 0.4) is 0 Å². The van der Waals surface area contributed by atoms with Gasteiger partial charge in [0.15, 0.2) is 5.82 Å². The summed E-state index contributed by atoms with van der Waals surface area (Å²) in [6.07, 6.45) is 6.66. The molecule has 1 fully saturated rings. The van der Waals surface area contributed by atoms with Crippen LogP contribution in [0.25, 0.3) is 0 Å². The molecule has 2 aromatic rings.